The van der Waals surface area contributed by atoms with Crippen molar-refractivity contribution < 1.29 is 9.15 Å². The minimum Gasteiger partial charge on any atom is -0.468 e. The Balaban J connectivity index is 1.50. The molecular weight excluding hydrogens is 444 g/mol. The summed E-state index contributed by atoms with van der Waals surface area (Å²) in [6.45, 7) is 8.61. The summed E-state index contributed by atoms with van der Waals surface area (Å²) in [5.41, 5.74) is 3.75. The molecular formula is C26H32N6O3. The molecule has 0 aliphatic carbocycles. The molecule has 35 heavy (non-hydrogen) atoms. The number of pyridine rings is 1. The maximum atomic E-state index is 13.1. The van der Waals surface area contributed by atoms with Crippen molar-refractivity contribution in [2.75, 3.05) is 6.61 Å². The minimum absolute atomic E-state index is 0.0826. The van der Waals surface area contributed by atoms with E-state index in [9.17, 15) is 4.79 Å². The Morgan fingerprint density at radius 3 is 2.89 bits per heavy atom. The highest BCUT2D eigenvalue weighted by molar-refractivity contribution is 5.83. The van der Waals surface area contributed by atoms with Crippen LogP contribution in [0.2, 0.25) is 0 Å². The first-order valence-electron chi connectivity index (χ1n) is 12.3. The fourth-order valence-electron chi connectivity index (χ4n) is 5.10. The quantitative estimate of drug-likeness (QED) is 0.389. The molecule has 5 rings (SSSR count). The first kappa shape index (κ1) is 23.4. The van der Waals surface area contributed by atoms with Crippen LogP contribution in [0.25, 0.3) is 10.9 Å². The van der Waals surface area contributed by atoms with E-state index in [4.69, 9.17) is 9.15 Å². The van der Waals surface area contributed by atoms with Gasteiger partial charge >= 0.3 is 0 Å². The normalized spacial score (nSPS) is 17.0. The molecule has 3 aromatic heterocycles. The van der Waals surface area contributed by atoms with Crippen molar-refractivity contribution >= 4 is 10.9 Å². The van der Waals surface area contributed by atoms with Crippen LogP contribution in [0, 0.1) is 13.8 Å². The van der Waals surface area contributed by atoms with E-state index in [-0.39, 0.29) is 17.7 Å². The number of hydrogen-bond acceptors (Lipinski definition) is 7. The van der Waals surface area contributed by atoms with E-state index in [1.807, 2.05) is 35.9 Å². The van der Waals surface area contributed by atoms with Crippen LogP contribution in [0.5, 0.6) is 0 Å². The molecule has 9 heteroatoms. The first-order valence-corrected chi connectivity index (χ1v) is 12.3. The van der Waals surface area contributed by atoms with E-state index in [1.54, 1.807) is 6.26 Å². The van der Waals surface area contributed by atoms with Crippen LogP contribution in [0.3, 0.4) is 0 Å². The topological polar surface area (TPSA) is 102 Å². The van der Waals surface area contributed by atoms with Gasteiger partial charge in [0, 0.05) is 29.6 Å². The zero-order chi connectivity index (χ0) is 24.4. The second kappa shape index (κ2) is 10.1. The standard InChI is InChI=1S/C26H32N6O3/c1-4-24(25-28-29-30-32(25)16-21-8-6-10-35-21)31(15-20-7-5-9-34-20)14-19-13-22-18(3)11-17(2)12-23(22)27-26(19)33/h5,7,9,11-13,21,24H,4,6,8,10,14-16H2,1-3H3,(H,27,33). The molecule has 1 N–H and O–H groups in total. The number of ether oxygens (including phenoxy) is 1. The van der Waals surface area contributed by atoms with Gasteiger partial charge in [-0.15, -0.1) is 5.10 Å². The molecule has 1 aromatic carbocycles. The lowest BCUT2D eigenvalue weighted by atomic mass is 10.0. The third-order valence-corrected chi connectivity index (χ3v) is 6.79. The van der Waals surface area contributed by atoms with Crippen molar-refractivity contribution in [2.45, 2.75) is 71.8 Å². The number of tetrazole rings is 1. The SMILES string of the molecule is CCC(c1nnnn1CC1CCCO1)N(Cc1ccco1)Cc1cc2c(C)cc(C)cc2[nH]c1=O. The van der Waals surface area contributed by atoms with E-state index in [1.165, 1.54) is 0 Å². The molecule has 1 saturated heterocycles. The summed E-state index contributed by atoms with van der Waals surface area (Å²) in [5.74, 6) is 1.60. The van der Waals surface area contributed by atoms with Crippen LogP contribution in [-0.2, 0) is 24.4 Å². The number of nitrogens with one attached hydrogen (secondary N) is 1. The molecule has 0 spiro atoms. The Bertz CT molecular complexity index is 1340. The van der Waals surface area contributed by atoms with Gasteiger partial charge in [0.2, 0.25) is 0 Å². The summed E-state index contributed by atoms with van der Waals surface area (Å²) < 4.78 is 13.4. The third kappa shape index (κ3) is 5.06. The van der Waals surface area contributed by atoms with Gasteiger partial charge in [-0.25, -0.2) is 4.68 Å². The Hall–Kier alpha value is -3.30. The first-order chi connectivity index (χ1) is 17.0. The molecule has 9 nitrogen and oxygen atoms in total. The highest BCUT2D eigenvalue weighted by Gasteiger charge is 2.28. The molecule has 1 fully saturated rings. The molecule has 4 aromatic rings. The fourth-order valence-corrected chi connectivity index (χ4v) is 5.10. The second-order valence-electron chi connectivity index (χ2n) is 9.43. The van der Waals surface area contributed by atoms with E-state index in [2.05, 4.69) is 45.3 Å². The second-order valence-corrected chi connectivity index (χ2v) is 9.43. The van der Waals surface area contributed by atoms with Gasteiger partial charge in [0.1, 0.15) is 5.76 Å². The molecule has 184 valence electrons. The maximum absolute atomic E-state index is 13.1. The Morgan fingerprint density at radius 1 is 1.26 bits per heavy atom. The van der Waals surface area contributed by atoms with Gasteiger partial charge in [-0.2, -0.15) is 0 Å². The smallest absolute Gasteiger partial charge is 0.252 e. The molecule has 0 radical (unpaired) electrons. The van der Waals surface area contributed by atoms with Gasteiger partial charge in [-0.3, -0.25) is 9.69 Å². The zero-order valence-corrected chi connectivity index (χ0v) is 20.5. The number of furan rings is 1. The van der Waals surface area contributed by atoms with Crippen molar-refractivity contribution in [3.05, 3.63) is 75.2 Å². The number of fused-ring (bicyclic) bond motifs is 1. The number of aryl methyl sites for hydroxylation is 2. The Morgan fingerprint density at radius 2 is 2.14 bits per heavy atom. The van der Waals surface area contributed by atoms with Crippen LogP contribution in [-0.4, -0.2) is 42.8 Å². The molecule has 0 amide bonds. The monoisotopic (exact) mass is 476 g/mol. The number of nitrogens with zero attached hydrogens (tertiary/aromatic N) is 5. The third-order valence-electron chi connectivity index (χ3n) is 6.79. The van der Waals surface area contributed by atoms with Crippen molar-refractivity contribution in [3.63, 3.8) is 0 Å². The van der Waals surface area contributed by atoms with Gasteiger partial charge in [-0.1, -0.05) is 13.0 Å². The average molecular weight is 477 g/mol. The average Bonchev–Trinajstić information content (AvgIpc) is 3.60. The Labute approximate surface area is 204 Å². The summed E-state index contributed by atoms with van der Waals surface area (Å²) in [6.07, 6.45) is 4.65. The van der Waals surface area contributed by atoms with Gasteiger partial charge < -0.3 is 14.1 Å². The summed E-state index contributed by atoms with van der Waals surface area (Å²) in [7, 11) is 0. The van der Waals surface area contributed by atoms with E-state index in [0.29, 0.717) is 25.2 Å². The molecule has 1 aliphatic heterocycles. The number of benzene rings is 1. The molecule has 4 heterocycles. The lowest BCUT2D eigenvalue weighted by Gasteiger charge is -2.29. The summed E-state index contributed by atoms with van der Waals surface area (Å²) >= 11 is 0. The van der Waals surface area contributed by atoms with Crippen molar-refractivity contribution in [2.24, 2.45) is 0 Å². The summed E-state index contributed by atoms with van der Waals surface area (Å²) in [6, 6.07) is 9.89. The zero-order valence-electron chi connectivity index (χ0n) is 20.5. The fraction of sp³-hybridized carbons (Fsp3) is 0.462. The summed E-state index contributed by atoms with van der Waals surface area (Å²) in [4.78, 5) is 18.4. The summed E-state index contributed by atoms with van der Waals surface area (Å²) in [5, 5.41) is 13.7. The predicted molar refractivity (Wildman–Crippen MR) is 132 cm³/mol. The Kier molecular flexibility index (Phi) is 6.79. The van der Waals surface area contributed by atoms with Crippen LogP contribution in [0.1, 0.15) is 60.5 Å². The lowest BCUT2D eigenvalue weighted by molar-refractivity contribution is 0.0882. The van der Waals surface area contributed by atoms with Crippen LogP contribution < -0.4 is 5.56 Å². The van der Waals surface area contributed by atoms with Crippen LogP contribution >= 0.6 is 0 Å². The minimum atomic E-state index is -0.106. The van der Waals surface area contributed by atoms with Crippen LogP contribution in [0.15, 0.2) is 45.8 Å². The molecule has 2 atom stereocenters. The van der Waals surface area contributed by atoms with E-state index >= 15 is 0 Å². The predicted octanol–water partition coefficient (Wildman–Crippen LogP) is 4.06. The number of rotatable bonds is 9. The van der Waals surface area contributed by atoms with Gasteiger partial charge in [-0.05, 0) is 78.9 Å². The highest BCUT2D eigenvalue weighted by atomic mass is 16.5. The molecule has 0 bridgehead atoms. The van der Waals surface area contributed by atoms with Gasteiger partial charge in [0.05, 0.1) is 31.5 Å². The number of H-pyrrole nitrogens is 1. The number of hydrogen-bond donors (Lipinski definition) is 1. The van der Waals surface area contributed by atoms with Gasteiger partial charge in [0.15, 0.2) is 5.82 Å². The van der Waals surface area contributed by atoms with E-state index < -0.39 is 0 Å². The highest BCUT2D eigenvalue weighted by Crippen LogP contribution is 2.28. The maximum Gasteiger partial charge on any atom is 0.252 e. The molecule has 0 saturated carbocycles. The molecule has 1 aliphatic rings. The van der Waals surface area contributed by atoms with Crippen LogP contribution in [0.4, 0.5) is 0 Å². The van der Waals surface area contributed by atoms with Crippen molar-refractivity contribution in [1.82, 2.24) is 30.1 Å². The molecule has 2 unspecified atom stereocenters. The number of aromatic amines is 1. The van der Waals surface area contributed by atoms with E-state index in [0.717, 1.165) is 59.5 Å². The largest absolute Gasteiger partial charge is 0.468 e. The lowest BCUT2D eigenvalue weighted by Crippen LogP contribution is -2.33. The van der Waals surface area contributed by atoms with Crippen molar-refractivity contribution in [3.8, 4) is 0 Å². The van der Waals surface area contributed by atoms with Crippen molar-refractivity contribution in [1.29, 1.82) is 0 Å². The van der Waals surface area contributed by atoms with Gasteiger partial charge in [0.25, 0.3) is 5.56 Å². The number of aromatic nitrogens is 5.